The van der Waals surface area contributed by atoms with Crippen molar-refractivity contribution in [2.45, 2.75) is 31.6 Å². The minimum absolute atomic E-state index is 0.0896. The summed E-state index contributed by atoms with van der Waals surface area (Å²) in [6, 6.07) is 3.25. The summed E-state index contributed by atoms with van der Waals surface area (Å²) in [5.74, 6) is -0.793. The third kappa shape index (κ3) is 1.55. The maximum atomic E-state index is 11.2. The number of carboxylic acid groups (broad SMARTS) is 1. The van der Waals surface area contributed by atoms with E-state index in [1.807, 2.05) is 6.92 Å². The van der Waals surface area contributed by atoms with Gasteiger partial charge in [0.1, 0.15) is 5.75 Å². The fraction of sp³-hybridized carbons (Fsp3) is 0.417. The van der Waals surface area contributed by atoms with Crippen molar-refractivity contribution < 1.29 is 15.0 Å². The Bertz CT molecular complexity index is 450. The van der Waals surface area contributed by atoms with Crippen LogP contribution in [0.4, 0.5) is 0 Å². The van der Waals surface area contributed by atoms with E-state index in [0.29, 0.717) is 35.4 Å². The molecular formula is C12H13ClO3. The lowest BCUT2D eigenvalue weighted by molar-refractivity contribution is -0.140. The first kappa shape index (κ1) is 11.3. The van der Waals surface area contributed by atoms with Crippen LogP contribution in [0.5, 0.6) is 5.75 Å². The van der Waals surface area contributed by atoms with E-state index in [1.165, 1.54) is 0 Å². The van der Waals surface area contributed by atoms with Crippen molar-refractivity contribution in [1.82, 2.24) is 0 Å². The van der Waals surface area contributed by atoms with Crippen molar-refractivity contribution >= 4 is 17.6 Å². The van der Waals surface area contributed by atoms with E-state index >= 15 is 0 Å². The van der Waals surface area contributed by atoms with E-state index in [9.17, 15) is 15.0 Å². The average Bonchev–Trinajstić information content (AvgIpc) is 3.02. The van der Waals surface area contributed by atoms with Gasteiger partial charge in [-0.15, -0.1) is 0 Å². The Morgan fingerprint density at radius 3 is 2.56 bits per heavy atom. The van der Waals surface area contributed by atoms with E-state index in [2.05, 4.69) is 0 Å². The number of phenolic OH excluding ortho intramolecular Hbond substituents is 1. The van der Waals surface area contributed by atoms with Gasteiger partial charge in [0.05, 0.1) is 5.41 Å². The third-order valence-electron chi connectivity index (χ3n) is 3.21. The number of benzene rings is 1. The van der Waals surface area contributed by atoms with Crippen LogP contribution >= 0.6 is 11.6 Å². The highest BCUT2D eigenvalue weighted by atomic mass is 35.5. The molecule has 0 saturated heterocycles. The molecule has 0 amide bonds. The summed E-state index contributed by atoms with van der Waals surface area (Å²) in [6.45, 7) is 1.90. The molecule has 1 aliphatic carbocycles. The number of rotatable bonds is 3. The van der Waals surface area contributed by atoms with Gasteiger partial charge in [-0.2, -0.15) is 0 Å². The summed E-state index contributed by atoms with van der Waals surface area (Å²) >= 11 is 5.94. The highest BCUT2D eigenvalue weighted by Crippen LogP contribution is 2.52. The molecule has 3 nitrogen and oxygen atoms in total. The molecule has 1 aromatic rings. The summed E-state index contributed by atoms with van der Waals surface area (Å²) in [6.07, 6.45) is 1.77. The maximum absolute atomic E-state index is 11.2. The van der Waals surface area contributed by atoms with E-state index in [-0.39, 0.29) is 5.75 Å². The van der Waals surface area contributed by atoms with Crippen LogP contribution < -0.4 is 0 Å². The number of aromatic hydroxyl groups is 1. The van der Waals surface area contributed by atoms with Crippen molar-refractivity contribution in [3.63, 3.8) is 0 Å². The fourth-order valence-electron chi connectivity index (χ4n) is 2.01. The minimum Gasteiger partial charge on any atom is -0.507 e. The molecule has 2 rings (SSSR count). The van der Waals surface area contributed by atoms with Crippen molar-refractivity contribution in [2.75, 3.05) is 0 Å². The number of phenols is 1. The van der Waals surface area contributed by atoms with Gasteiger partial charge >= 0.3 is 5.97 Å². The molecule has 16 heavy (non-hydrogen) atoms. The van der Waals surface area contributed by atoms with Gasteiger partial charge in [0.15, 0.2) is 0 Å². The number of halogens is 1. The third-order valence-corrected chi connectivity index (χ3v) is 3.43. The summed E-state index contributed by atoms with van der Waals surface area (Å²) in [4.78, 5) is 11.2. The first-order chi connectivity index (χ1) is 7.51. The van der Waals surface area contributed by atoms with Gasteiger partial charge in [-0.25, -0.2) is 0 Å². The van der Waals surface area contributed by atoms with Crippen LogP contribution in [0.25, 0.3) is 0 Å². The normalized spacial score (nSPS) is 17.1. The molecule has 0 unspecified atom stereocenters. The zero-order valence-corrected chi connectivity index (χ0v) is 9.71. The van der Waals surface area contributed by atoms with Crippen LogP contribution in [0.1, 0.15) is 30.9 Å². The van der Waals surface area contributed by atoms with Gasteiger partial charge in [-0.1, -0.05) is 18.5 Å². The van der Waals surface area contributed by atoms with Gasteiger partial charge in [-0.3, -0.25) is 4.79 Å². The maximum Gasteiger partial charge on any atom is 0.314 e. The fourth-order valence-corrected chi connectivity index (χ4v) is 2.25. The molecule has 4 heteroatoms. The monoisotopic (exact) mass is 240 g/mol. The Morgan fingerprint density at radius 2 is 2.12 bits per heavy atom. The van der Waals surface area contributed by atoms with Gasteiger partial charge in [0.25, 0.3) is 0 Å². The molecule has 86 valence electrons. The lowest BCUT2D eigenvalue weighted by atomic mass is 9.92. The minimum atomic E-state index is -0.904. The Labute approximate surface area is 98.7 Å². The predicted octanol–water partition coefficient (Wildman–Crippen LogP) is 2.72. The summed E-state index contributed by atoms with van der Waals surface area (Å²) in [5.41, 5.74) is 0.262. The molecule has 0 atom stereocenters. The van der Waals surface area contributed by atoms with Crippen LogP contribution in [0.3, 0.4) is 0 Å². The largest absolute Gasteiger partial charge is 0.507 e. The Hall–Kier alpha value is -1.22. The summed E-state index contributed by atoms with van der Waals surface area (Å²) in [5, 5.41) is 19.7. The number of hydrogen-bond donors (Lipinski definition) is 2. The molecule has 0 aliphatic heterocycles. The smallest absolute Gasteiger partial charge is 0.314 e. The molecular weight excluding hydrogens is 228 g/mol. The zero-order valence-electron chi connectivity index (χ0n) is 8.96. The number of hydrogen-bond acceptors (Lipinski definition) is 2. The van der Waals surface area contributed by atoms with Gasteiger partial charge < -0.3 is 10.2 Å². The molecule has 0 aromatic heterocycles. The van der Waals surface area contributed by atoms with Crippen molar-refractivity contribution in [3.05, 3.63) is 28.3 Å². The first-order valence-electron chi connectivity index (χ1n) is 5.26. The highest BCUT2D eigenvalue weighted by Gasteiger charge is 2.53. The molecule has 0 radical (unpaired) electrons. The lowest BCUT2D eigenvalue weighted by Crippen LogP contribution is -2.20. The van der Waals surface area contributed by atoms with Gasteiger partial charge in [-0.05, 0) is 37.0 Å². The SMILES string of the molecule is CCc1cc(Cl)cc(C2(C(=O)O)CC2)c1O. The Kier molecular flexibility index (Phi) is 2.58. The van der Waals surface area contributed by atoms with Gasteiger partial charge in [0.2, 0.25) is 0 Å². The van der Waals surface area contributed by atoms with Crippen LogP contribution in [-0.4, -0.2) is 16.2 Å². The van der Waals surface area contributed by atoms with E-state index in [0.717, 1.165) is 0 Å². The van der Waals surface area contributed by atoms with E-state index in [1.54, 1.807) is 12.1 Å². The second kappa shape index (κ2) is 3.67. The molecule has 1 saturated carbocycles. The molecule has 0 heterocycles. The topological polar surface area (TPSA) is 57.5 Å². The average molecular weight is 241 g/mol. The molecule has 0 spiro atoms. The van der Waals surface area contributed by atoms with Crippen molar-refractivity contribution in [3.8, 4) is 5.75 Å². The first-order valence-corrected chi connectivity index (χ1v) is 5.64. The Balaban J connectivity index is 2.57. The number of aliphatic carboxylic acids is 1. The van der Waals surface area contributed by atoms with Crippen LogP contribution in [-0.2, 0) is 16.6 Å². The van der Waals surface area contributed by atoms with Crippen LogP contribution in [0.15, 0.2) is 12.1 Å². The standard InChI is InChI=1S/C12H13ClO3/c1-2-7-5-8(13)6-9(10(7)14)12(3-4-12)11(15)16/h5-6,14H,2-4H2,1H3,(H,15,16). The van der Waals surface area contributed by atoms with Crippen LogP contribution in [0, 0.1) is 0 Å². The zero-order chi connectivity index (χ0) is 11.9. The molecule has 2 N–H and O–H groups in total. The van der Waals surface area contributed by atoms with Crippen molar-refractivity contribution in [1.29, 1.82) is 0 Å². The molecule has 1 aromatic carbocycles. The lowest BCUT2D eigenvalue weighted by Gasteiger charge is -2.15. The molecule has 1 aliphatic rings. The number of aryl methyl sites for hydroxylation is 1. The highest BCUT2D eigenvalue weighted by molar-refractivity contribution is 6.30. The second-order valence-electron chi connectivity index (χ2n) is 4.20. The van der Waals surface area contributed by atoms with E-state index < -0.39 is 11.4 Å². The summed E-state index contributed by atoms with van der Waals surface area (Å²) in [7, 11) is 0. The quantitative estimate of drug-likeness (QED) is 0.854. The predicted molar refractivity (Wildman–Crippen MR) is 61.0 cm³/mol. The number of carbonyl (C=O) groups is 1. The number of carboxylic acids is 1. The molecule has 0 bridgehead atoms. The van der Waals surface area contributed by atoms with Gasteiger partial charge in [0, 0.05) is 10.6 Å². The second-order valence-corrected chi connectivity index (χ2v) is 4.64. The van der Waals surface area contributed by atoms with Crippen molar-refractivity contribution in [2.24, 2.45) is 0 Å². The Morgan fingerprint density at radius 1 is 1.50 bits per heavy atom. The summed E-state index contributed by atoms with van der Waals surface area (Å²) < 4.78 is 0. The van der Waals surface area contributed by atoms with Crippen LogP contribution in [0.2, 0.25) is 5.02 Å². The van der Waals surface area contributed by atoms with E-state index in [4.69, 9.17) is 11.6 Å². The molecule has 1 fully saturated rings.